The van der Waals surface area contributed by atoms with Gasteiger partial charge in [-0.2, -0.15) is 0 Å². The van der Waals surface area contributed by atoms with Crippen LogP contribution in [0, 0.1) is 17.3 Å². The van der Waals surface area contributed by atoms with Gasteiger partial charge in [-0.25, -0.2) is 0 Å². The minimum absolute atomic E-state index is 0.426. The second-order valence-electron chi connectivity index (χ2n) is 5.36. The maximum Gasteiger partial charge on any atom is 0.0496 e. The van der Waals surface area contributed by atoms with Crippen molar-refractivity contribution in [3.05, 3.63) is 0 Å². The van der Waals surface area contributed by atoms with Gasteiger partial charge in [-0.1, -0.05) is 27.7 Å². The molecule has 0 saturated heterocycles. The molecule has 1 rings (SSSR count). The van der Waals surface area contributed by atoms with E-state index in [1.807, 2.05) is 0 Å². The summed E-state index contributed by atoms with van der Waals surface area (Å²) in [5.41, 5.74) is 0.426. The fraction of sp³-hybridized carbons (Fsp3) is 1.00. The summed E-state index contributed by atoms with van der Waals surface area (Å²) in [6.07, 6.45) is 2.56. The van der Waals surface area contributed by atoms with Gasteiger partial charge < -0.3 is 4.74 Å². The predicted octanol–water partition coefficient (Wildman–Crippen LogP) is 3.10. The number of hydrogen-bond acceptors (Lipinski definition) is 1. The van der Waals surface area contributed by atoms with Crippen LogP contribution in [0.4, 0.5) is 0 Å². The number of ether oxygens (including phenoxy) is 1. The molecule has 0 aromatic rings. The first-order valence-corrected chi connectivity index (χ1v) is 5.07. The molecule has 2 atom stereocenters. The number of hydrogen-bond donors (Lipinski definition) is 0. The Balaban J connectivity index is 1.90. The van der Waals surface area contributed by atoms with Gasteiger partial charge in [0, 0.05) is 13.2 Å². The van der Waals surface area contributed by atoms with Gasteiger partial charge in [-0.3, -0.25) is 0 Å². The highest BCUT2D eigenvalue weighted by molar-refractivity contribution is 4.81. The molecule has 0 heterocycles. The van der Waals surface area contributed by atoms with Gasteiger partial charge in [0.25, 0.3) is 0 Å². The second-order valence-corrected chi connectivity index (χ2v) is 5.36. The van der Waals surface area contributed by atoms with Crippen molar-refractivity contribution in [3.63, 3.8) is 0 Å². The molecule has 1 nitrogen and oxygen atoms in total. The standard InChI is InChI=1S/C11H22O/c1-9-7-10(9)8-12-6-5-11(2,3)4/h9-10H,5-8H2,1-4H3/t9-,10-/m1/s1. The van der Waals surface area contributed by atoms with Gasteiger partial charge in [0.05, 0.1) is 0 Å². The molecule has 0 spiro atoms. The summed E-state index contributed by atoms with van der Waals surface area (Å²) in [6, 6.07) is 0. The zero-order valence-electron chi connectivity index (χ0n) is 8.89. The monoisotopic (exact) mass is 170 g/mol. The quantitative estimate of drug-likeness (QED) is 0.589. The highest BCUT2D eigenvalue weighted by Crippen LogP contribution is 2.37. The summed E-state index contributed by atoms with van der Waals surface area (Å²) >= 11 is 0. The lowest BCUT2D eigenvalue weighted by molar-refractivity contribution is 0.0978. The van der Waals surface area contributed by atoms with Crippen molar-refractivity contribution in [2.45, 2.75) is 40.5 Å². The number of rotatable bonds is 4. The average molecular weight is 170 g/mol. The van der Waals surface area contributed by atoms with Crippen LogP contribution >= 0.6 is 0 Å². The van der Waals surface area contributed by atoms with Crippen molar-refractivity contribution in [1.29, 1.82) is 0 Å². The average Bonchev–Trinajstić information content (AvgIpc) is 2.57. The van der Waals surface area contributed by atoms with Crippen LogP contribution in [0.3, 0.4) is 0 Å². The van der Waals surface area contributed by atoms with E-state index in [0.29, 0.717) is 5.41 Å². The summed E-state index contributed by atoms with van der Waals surface area (Å²) in [4.78, 5) is 0. The Hall–Kier alpha value is -0.0400. The maximum atomic E-state index is 5.60. The van der Waals surface area contributed by atoms with Crippen molar-refractivity contribution in [2.75, 3.05) is 13.2 Å². The first-order chi connectivity index (χ1) is 5.49. The molecule has 12 heavy (non-hydrogen) atoms. The van der Waals surface area contributed by atoms with Crippen molar-refractivity contribution in [1.82, 2.24) is 0 Å². The predicted molar refractivity (Wildman–Crippen MR) is 52.2 cm³/mol. The molecule has 1 aliphatic rings. The van der Waals surface area contributed by atoms with E-state index < -0.39 is 0 Å². The highest BCUT2D eigenvalue weighted by atomic mass is 16.5. The topological polar surface area (TPSA) is 9.23 Å². The molecule has 0 aliphatic heterocycles. The van der Waals surface area contributed by atoms with Crippen LogP contribution in [0.25, 0.3) is 0 Å². The van der Waals surface area contributed by atoms with Crippen LogP contribution < -0.4 is 0 Å². The lowest BCUT2D eigenvalue weighted by Gasteiger charge is -2.17. The Morgan fingerprint density at radius 1 is 1.33 bits per heavy atom. The first-order valence-electron chi connectivity index (χ1n) is 5.07. The minimum Gasteiger partial charge on any atom is -0.381 e. The van der Waals surface area contributed by atoms with Crippen molar-refractivity contribution >= 4 is 0 Å². The first kappa shape index (κ1) is 10.0. The normalized spacial score (nSPS) is 29.0. The third-order valence-corrected chi connectivity index (χ3v) is 2.60. The van der Waals surface area contributed by atoms with E-state index in [0.717, 1.165) is 25.0 Å². The Labute approximate surface area is 76.5 Å². The Bertz CT molecular complexity index is 134. The molecular formula is C11H22O. The smallest absolute Gasteiger partial charge is 0.0496 e. The zero-order valence-corrected chi connectivity index (χ0v) is 8.89. The molecule has 1 fully saturated rings. The zero-order chi connectivity index (χ0) is 9.19. The summed E-state index contributed by atoms with van der Waals surface area (Å²) < 4.78 is 5.60. The summed E-state index contributed by atoms with van der Waals surface area (Å²) in [6.45, 7) is 11.0. The largest absolute Gasteiger partial charge is 0.381 e. The molecule has 1 heteroatoms. The van der Waals surface area contributed by atoms with E-state index in [9.17, 15) is 0 Å². The van der Waals surface area contributed by atoms with Crippen molar-refractivity contribution in [3.8, 4) is 0 Å². The van der Waals surface area contributed by atoms with Gasteiger partial charge in [-0.05, 0) is 30.1 Å². The molecule has 0 aromatic carbocycles. The summed E-state index contributed by atoms with van der Waals surface area (Å²) in [5.74, 6) is 1.81. The van der Waals surface area contributed by atoms with E-state index in [-0.39, 0.29) is 0 Å². The summed E-state index contributed by atoms with van der Waals surface area (Å²) in [5, 5.41) is 0. The lowest BCUT2D eigenvalue weighted by Crippen LogP contribution is -2.10. The SMILES string of the molecule is C[C@@H]1C[C@@H]1COCCC(C)(C)C. The van der Waals surface area contributed by atoms with Crippen LogP contribution in [-0.4, -0.2) is 13.2 Å². The van der Waals surface area contributed by atoms with Gasteiger partial charge in [0.15, 0.2) is 0 Å². The van der Waals surface area contributed by atoms with E-state index in [4.69, 9.17) is 4.74 Å². The van der Waals surface area contributed by atoms with Crippen LogP contribution in [0.2, 0.25) is 0 Å². The molecule has 0 radical (unpaired) electrons. The van der Waals surface area contributed by atoms with Gasteiger partial charge >= 0.3 is 0 Å². The van der Waals surface area contributed by atoms with E-state index in [1.165, 1.54) is 12.8 Å². The minimum atomic E-state index is 0.426. The van der Waals surface area contributed by atoms with E-state index in [2.05, 4.69) is 27.7 Å². The Morgan fingerprint density at radius 3 is 2.33 bits per heavy atom. The summed E-state index contributed by atoms with van der Waals surface area (Å²) in [7, 11) is 0. The molecule has 1 aliphatic carbocycles. The fourth-order valence-electron chi connectivity index (χ4n) is 1.24. The van der Waals surface area contributed by atoms with E-state index in [1.54, 1.807) is 0 Å². The lowest BCUT2D eigenvalue weighted by atomic mass is 9.93. The molecule has 0 unspecified atom stereocenters. The fourth-order valence-corrected chi connectivity index (χ4v) is 1.24. The molecule has 1 saturated carbocycles. The third kappa shape index (κ3) is 4.10. The third-order valence-electron chi connectivity index (χ3n) is 2.60. The van der Waals surface area contributed by atoms with Crippen molar-refractivity contribution < 1.29 is 4.74 Å². The molecular weight excluding hydrogens is 148 g/mol. The second kappa shape index (κ2) is 3.78. The van der Waals surface area contributed by atoms with Crippen LogP contribution in [0.1, 0.15) is 40.5 Å². The van der Waals surface area contributed by atoms with Gasteiger partial charge in [-0.15, -0.1) is 0 Å². The van der Waals surface area contributed by atoms with Crippen LogP contribution in [-0.2, 0) is 4.74 Å². The highest BCUT2D eigenvalue weighted by Gasteiger charge is 2.32. The molecule has 0 aromatic heterocycles. The Morgan fingerprint density at radius 2 is 1.92 bits per heavy atom. The molecule has 0 amide bonds. The molecule has 0 N–H and O–H groups in total. The maximum absolute atomic E-state index is 5.60. The van der Waals surface area contributed by atoms with Gasteiger partial charge in [0.1, 0.15) is 0 Å². The molecule has 72 valence electrons. The van der Waals surface area contributed by atoms with Crippen LogP contribution in [0.15, 0.2) is 0 Å². The van der Waals surface area contributed by atoms with E-state index >= 15 is 0 Å². The van der Waals surface area contributed by atoms with Crippen molar-refractivity contribution in [2.24, 2.45) is 17.3 Å². The molecule has 0 bridgehead atoms. The Kier molecular flexibility index (Phi) is 3.16. The van der Waals surface area contributed by atoms with Gasteiger partial charge in [0.2, 0.25) is 0 Å². The van der Waals surface area contributed by atoms with Crippen LogP contribution in [0.5, 0.6) is 0 Å².